The number of carbonyl (C=O) groups excluding carboxylic acids is 2. The largest absolute Gasteiger partial charge is 0.454 e. The molecule has 2 heterocycles. The normalized spacial score (nSPS) is 20.7. The third kappa shape index (κ3) is 3.25. The molecule has 0 aliphatic carbocycles. The van der Waals surface area contributed by atoms with Crippen LogP contribution in [0.4, 0.5) is 0 Å². The number of hydrogen-bond donors (Lipinski definition) is 1. The summed E-state index contributed by atoms with van der Waals surface area (Å²) in [7, 11) is 0. The van der Waals surface area contributed by atoms with Gasteiger partial charge in [-0.2, -0.15) is 0 Å². The van der Waals surface area contributed by atoms with Crippen molar-refractivity contribution in [3.05, 3.63) is 23.8 Å². The SMILES string of the molecule is CCC(C)NC(=O)C1CCC(=O)N1Cc1ccc2c(c1)OCO2. The molecular weight excluding hydrogens is 296 g/mol. The van der Waals surface area contributed by atoms with E-state index in [0.717, 1.165) is 12.0 Å². The first-order valence-electron chi connectivity index (χ1n) is 8.07. The number of likely N-dealkylation sites (tertiary alicyclic amines) is 1. The highest BCUT2D eigenvalue weighted by molar-refractivity contribution is 5.91. The lowest BCUT2D eigenvalue weighted by molar-refractivity contribution is -0.136. The highest BCUT2D eigenvalue weighted by Crippen LogP contribution is 2.33. The molecule has 2 unspecified atom stereocenters. The Balaban J connectivity index is 1.71. The minimum absolute atomic E-state index is 0.0203. The molecular formula is C17H22N2O4. The van der Waals surface area contributed by atoms with Gasteiger partial charge in [-0.25, -0.2) is 0 Å². The molecule has 1 aromatic rings. The second-order valence-corrected chi connectivity index (χ2v) is 6.08. The first kappa shape index (κ1) is 15.6. The molecule has 2 aliphatic heterocycles. The van der Waals surface area contributed by atoms with Crippen molar-refractivity contribution in [2.75, 3.05) is 6.79 Å². The highest BCUT2D eigenvalue weighted by atomic mass is 16.7. The Morgan fingerprint density at radius 3 is 2.96 bits per heavy atom. The van der Waals surface area contributed by atoms with Crippen molar-refractivity contribution >= 4 is 11.8 Å². The number of carbonyl (C=O) groups is 2. The lowest BCUT2D eigenvalue weighted by Crippen LogP contribution is -2.46. The van der Waals surface area contributed by atoms with E-state index in [1.165, 1.54) is 0 Å². The summed E-state index contributed by atoms with van der Waals surface area (Å²) in [6, 6.07) is 5.35. The van der Waals surface area contributed by atoms with Crippen molar-refractivity contribution in [3.8, 4) is 11.5 Å². The molecule has 23 heavy (non-hydrogen) atoms. The Kier molecular flexibility index (Phi) is 4.41. The molecule has 0 aromatic heterocycles. The fourth-order valence-electron chi connectivity index (χ4n) is 2.88. The van der Waals surface area contributed by atoms with Crippen LogP contribution in [0.1, 0.15) is 38.7 Å². The Hall–Kier alpha value is -2.24. The van der Waals surface area contributed by atoms with E-state index in [4.69, 9.17) is 9.47 Å². The Morgan fingerprint density at radius 2 is 2.17 bits per heavy atom. The number of nitrogens with zero attached hydrogens (tertiary/aromatic N) is 1. The summed E-state index contributed by atoms with van der Waals surface area (Å²) >= 11 is 0. The number of fused-ring (bicyclic) bond motifs is 1. The van der Waals surface area contributed by atoms with E-state index in [2.05, 4.69) is 5.32 Å². The zero-order chi connectivity index (χ0) is 16.4. The zero-order valence-electron chi connectivity index (χ0n) is 13.5. The summed E-state index contributed by atoms with van der Waals surface area (Å²) in [6.45, 7) is 4.63. The molecule has 124 valence electrons. The van der Waals surface area contributed by atoms with Gasteiger partial charge >= 0.3 is 0 Å². The molecule has 1 N–H and O–H groups in total. The molecule has 0 saturated carbocycles. The van der Waals surface area contributed by atoms with Gasteiger partial charge in [0.15, 0.2) is 11.5 Å². The van der Waals surface area contributed by atoms with Crippen LogP contribution in [0.15, 0.2) is 18.2 Å². The second kappa shape index (κ2) is 6.48. The van der Waals surface area contributed by atoms with Gasteiger partial charge in [0.05, 0.1) is 0 Å². The molecule has 0 radical (unpaired) electrons. The second-order valence-electron chi connectivity index (χ2n) is 6.08. The van der Waals surface area contributed by atoms with Crippen molar-refractivity contribution in [3.63, 3.8) is 0 Å². The Labute approximate surface area is 135 Å². The number of nitrogens with one attached hydrogen (secondary N) is 1. The zero-order valence-corrected chi connectivity index (χ0v) is 13.5. The van der Waals surface area contributed by atoms with Gasteiger partial charge in [-0.15, -0.1) is 0 Å². The number of ether oxygens (including phenoxy) is 2. The summed E-state index contributed by atoms with van der Waals surface area (Å²) in [5.74, 6) is 1.36. The molecule has 6 heteroatoms. The van der Waals surface area contributed by atoms with Crippen LogP contribution in [0.5, 0.6) is 11.5 Å². The minimum Gasteiger partial charge on any atom is -0.454 e. The van der Waals surface area contributed by atoms with E-state index in [0.29, 0.717) is 30.9 Å². The number of rotatable bonds is 5. The van der Waals surface area contributed by atoms with Gasteiger partial charge in [0.2, 0.25) is 18.6 Å². The van der Waals surface area contributed by atoms with Crippen molar-refractivity contribution < 1.29 is 19.1 Å². The van der Waals surface area contributed by atoms with Crippen LogP contribution in [0.2, 0.25) is 0 Å². The molecule has 3 rings (SSSR count). The minimum atomic E-state index is -0.387. The molecule has 1 aromatic carbocycles. The lowest BCUT2D eigenvalue weighted by atomic mass is 10.1. The van der Waals surface area contributed by atoms with Gasteiger partial charge in [0.25, 0.3) is 0 Å². The fourth-order valence-corrected chi connectivity index (χ4v) is 2.88. The molecule has 2 amide bonds. The van der Waals surface area contributed by atoms with Gasteiger partial charge in [0, 0.05) is 19.0 Å². The topological polar surface area (TPSA) is 67.9 Å². The van der Waals surface area contributed by atoms with Gasteiger partial charge in [-0.3, -0.25) is 9.59 Å². The van der Waals surface area contributed by atoms with Crippen molar-refractivity contribution in [2.45, 2.75) is 51.7 Å². The monoisotopic (exact) mass is 318 g/mol. The molecule has 0 spiro atoms. The average Bonchev–Trinajstić information content (AvgIpc) is 3.14. The summed E-state index contributed by atoms with van der Waals surface area (Å²) in [5, 5.41) is 2.97. The first-order chi connectivity index (χ1) is 11.1. The van der Waals surface area contributed by atoms with E-state index in [9.17, 15) is 9.59 Å². The van der Waals surface area contributed by atoms with Crippen LogP contribution in [-0.2, 0) is 16.1 Å². The maximum absolute atomic E-state index is 12.4. The first-order valence-corrected chi connectivity index (χ1v) is 8.07. The van der Waals surface area contributed by atoms with Crippen LogP contribution in [0, 0.1) is 0 Å². The van der Waals surface area contributed by atoms with E-state index in [1.54, 1.807) is 4.90 Å². The third-order valence-electron chi connectivity index (χ3n) is 4.42. The van der Waals surface area contributed by atoms with Crippen molar-refractivity contribution in [1.29, 1.82) is 0 Å². The van der Waals surface area contributed by atoms with E-state index < -0.39 is 0 Å². The van der Waals surface area contributed by atoms with Crippen LogP contribution < -0.4 is 14.8 Å². The number of hydrogen-bond acceptors (Lipinski definition) is 4. The van der Waals surface area contributed by atoms with Gasteiger partial charge < -0.3 is 19.7 Å². The molecule has 1 saturated heterocycles. The van der Waals surface area contributed by atoms with E-state index in [-0.39, 0.29) is 30.7 Å². The lowest BCUT2D eigenvalue weighted by Gasteiger charge is -2.25. The number of benzene rings is 1. The molecule has 0 bridgehead atoms. The summed E-state index contributed by atoms with van der Waals surface area (Å²) in [6.07, 6.45) is 1.86. The van der Waals surface area contributed by atoms with Crippen LogP contribution in [0.25, 0.3) is 0 Å². The smallest absolute Gasteiger partial charge is 0.243 e. The summed E-state index contributed by atoms with van der Waals surface area (Å²) < 4.78 is 10.7. The fraction of sp³-hybridized carbons (Fsp3) is 0.529. The Morgan fingerprint density at radius 1 is 1.39 bits per heavy atom. The maximum atomic E-state index is 12.4. The van der Waals surface area contributed by atoms with Crippen LogP contribution >= 0.6 is 0 Å². The summed E-state index contributed by atoms with van der Waals surface area (Å²) in [4.78, 5) is 26.2. The third-order valence-corrected chi connectivity index (χ3v) is 4.42. The Bertz CT molecular complexity index is 617. The van der Waals surface area contributed by atoms with E-state index in [1.807, 2.05) is 32.0 Å². The predicted molar refractivity (Wildman–Crippen MR) is 84.0 cm³/mol. The molecule has 2 atom stereocenters. The van der Waals surface area contributed by atoms with Crippen LogP contribution in [-0.4, -0.2) is 35.6 Å². The van der Waals surface area contributed by atoms with Gasteiger partial charge in [-0.05, 0) is 37.5 Å². The molecule has 2 aliphatic rings. The van der Waals surface area contributed by atoms with E-state index >= 15 is 0 Å². The van der Waals surface area contributed by atoms with Gasteiger partial charge in [-0.1, -0.05) is 13.0 Å². The van der Waals surface area contributed by atoms with Gasteiger partial charge in [0.1, 0.15) is 6.04 Å². The standard InChI is InChI=1S/C17H22N2O4/c1-3-11(2)18-17(21)13-5-7-16(20)19(13)9-12-4-6-14-15(8-12)23-10-22-14/h4,6,8,11,13H,3,5,7,9-10H2,1-2H3,(H,18,21). The molecule has 1 fully saturated rings. The summed E-state index contributed by atoms with van der Waals surface area (Å²) in [5.41, 5.74) is 0.936. The quantitative estimate of drug-likeness (QED) is 0.899. The van der Waals surface area contributed by atoms with Crippen LogP contribution in [0.3, 0.4) is 0 Å². The molecule has 6 nitrogen and oxygen atoms in total. The predicted octanol–water partition coefficient (Wildman–Crippen LogP) is 1.82. The van der Waals surface area contributed by atoms with Crippen molar-refractivity contribution in [1.82, 2.24) is 10.2 Å². The highest BCUT2D eigenvalue weighted by Gasteiger charge is 2.36. The van der Waals surface area contributed by atoms with Crippen molar-refractivity contribution in [2.24, 2.45) is 0 Å². The average molecular weight is 318 g/mol. The maximum Gasteiger partial charge on any atom is 0.243 e. The number of amides is 2.